The van der Waals surface area contributed by atoms with Crippen LogP contribution in [0.5, 0.6) is 0 Å². The highest BCUT2D eigenvalue weighted by molar-refractivity contribution is 5.04. The van der Waals surface area contributed by atoms with Gasteiger partial charge in [-0.05, 0) is 32.2 Å². The lowest BCUT2D eigenvalue weighted by Gasteiger charge is -2.35. The standard InChI is InChI=1S/C13H22N2O/c14-12-13(5-3-6-13)4-1-2-7-15-8-10-16-11-9-15/h1-11H2. The van der Waals surface area contributed by atoms with Crippen molar-refractivity contribution in [3.05, 3.63) is 0 Å². The number of morpholine rings is 1. The van der Waals surface area contributed by atoms with Crippen LogP contribution in [0, 0.1) is 16.7 Å². The Hall–Kier alpha value is -0.590. The maximum absolute atomic E-state index is 9.11. The summed E-state index contributed by atoms with van der Waals surface area (Å²) in [7, 11) is 0. The van der Waals surface area contributed by atoms with Gasteiger partial charge < -0.3 is 4.74 Å². The van der Waals surface area contributed by atoms with E-state index in [0.29, 0.717) is 0 Å². The van der Waals surface area contributed by atoms with E-state index in [0.717, 1.165) is 45.6 Å². The minimum absolute atomic E-state index is 0.0744. The number of hydrogen-bond acceptors (Lipinski definition) is 3. The van der Waals surface area contributed by atoms with Gasteiger partial charge >= 0.3 is 0 Å². The quantitative estimate of drug-likeness (QED) is 0.669. The molecule has 0 unspecified atom stereocenters. The second kappa shape index (κ2) is 5.65. The van der Waals surface area contributed by atoms with Gasteiger partial charge in [-0.1, -0.05) is 12.8 Å². The molecule has 0 aromatic carbocycles. The summed E-state index contributed by atoms with van der Waals surface area (Å²) < 4.78 is 5.32. The summed E-state index contributed by atoms with van der Waals surface area (Å²) in [5, 5.41) is 9.11. The Bertz CT molecular complexity index is 249. The lowest BCUT2D eigenvalue weighted by atomic mass is 9.67. The molecule has 0 spiro atoms. The van der Waals surface area contributed by atoms with E-state index in [1.807, 2.05) is 0 Å². The van der Waals surface area contributed by atoms with Crippen molar-refractivity contribution >= 4 is 0 Å². The van der Waals surface area contributed by atoms with Crippen LogP contribution in [0.1, 0.15) is 38.5 Å². The Balaban J connectivity index is 1.56. The third kappa shape index (κ3) is 2.96. The van der Waals surface area contributed by atoms with Crippen molar-refractivity contribution in [2.75, 3.05) is 32.8 Å². The van der Waals surface area contributed by atoms with Crippen molar-refractivity contribution < 1.29 is 4.74 Å². The van der Waals surface area contributed by atoms with Crippen molar-refractivity contribution in [3.63, 3.8) is 0 Å². The first-order valence-electron chi connectivity index (χ1n) is 6.56. The van der Waals surface area contributed by atoms with Crippen molar-refractivity contribution in [2.45, 2.75) is 38.5 Å². The molecular weight excluding hydrogens is 200 g/mol. The van der Waals surface area contributed by atoms with Crippen molar-refractivity contribution in [2.24, 2.45) is 5.41 Å². The molecule has 2 fully saturated rings. The average molecular weight is 222 g/mol. The van der Waals surface area contributed by atoms with E-state index in [1.165, 1.54) is 25.8 Å². The van der Waals surface area contributed by atoms with E-state index in [1.54, 1.807) is 0 Å². The van der Waals surface area contributed by atoms with Crippen LogP contribution in [0.3, 0.4) is 0 Å². The lowest BCUT2D eigenvalue weighted by molar-refractivity contribution is 0.0365. The van der Waals surface area contributed by atoms with E-state index < -0.39 is 0 Å². The van der Waals surface area contributed by atoms with Gasteiger partial charge in [-0.2, -0.15) is 5.26 Å². The largest absolute Gasteiger partial charge is 0.379 e. The molecule has 1 saturated heterocycles. The van der Waals surface area contributed by atoms with Crippen LogP contribution in [0.15, 0.2) is 0 Å². The summed E-state index contributed by atoms with van der Waals surface area (Å²) in [5.41, 5.74) is 0.0744. The Kier molecular flexibility index (Phi) is 4.20. The number of rotatable bonds is 5. The molecule has 1 aliphatic carbocycles. The molecule has 0 amide bonds. The Labute approximate surface area is 98.4 Å². The number of hydrogen-bond donors (Lipinski definition) is 0. The zero-order chi connectivity index (χ0) is 11.3. The highest BCUT2D eigenvalue weighted by Gasteiger charge is 2.36. The summed E-state index contributed by atoms with van der Waals surface area (Å²) in [6.07, 6.45) is 7.11. The second-order valence-corrected chi connectivity index (χ2v) is 5.16. The van der Waals surface area contributed by atoms with Crippen LogP contribution >= 0.6 is 0 Å². The van der Waals surface area contributed by atoms with Crippen molar-refractivity contribution in [1.82, 2.24) is 4.90 Å². The van der Waals surface area contributed by atoms with Crippen LogP contribution in [-0.4, -0.2) is 37.7 Å². The van der Waals surface area contributed by atoms with E-state index in [9.17, 15) is 0 Å². The monoisotopic (exact) mass is 222 g/mol. The molecule has 0 bridgehead atoms. The third-order valence-corrected chi connectivity index (χ3v) is 4.03. The van der Waals surface area contributed by atoms with Gasteiger partial charge in [-0.25, -0.2) is 0 Å². The smallest absolute Gasteiger partial charge is 0.0689 e. The molecule has 0 atom stereocenters. The first-order valence-corrected chi connectivity index (χ1v) is 6.56. The van der Waals surface area contributed by atoms with Crippen LogP contribution in [0.25, 0.3) is 0 Å². The van der Waals surface area contributed by atoms with Crippen LogP contribution in [-0.2, 0) is 4.74 Å². The fourth-order valence-electron chi connectivity index (χ4n) is 2.64. The molecule has 90 valence electrons. The van der Waals surface area contributed by atoms with Gasteiger partial charge in [0.1, 0.15) is 0 Å². The number of nitrogens with zero attached hydrogens (tertiary/aromatic N) is 2. The molecule has 0 aromatic rings. The Morgan fingerprint density at radius 3 is 2.50 bits per heavy atom. The van der Waals surface area contributed by atoms with Crippen LogP contribution in [0.2, 0.25) is 0 Å². The normalized spacial score (nSPS) is 24.7. The topological polar surface area (TPSA) is 36.3 Å². The molecule has 2 rings (SSSR count). The highest BCUT2D eigenvalue weighted by Crippen LogP contribution is 2.44. The van der Waals surface area contributed by atoms with Gasteiger partial charge in [0.2, 0.25) is 0 Å². The summed E-state index contributed by atoms with van der Waals surface area (Å²) in [5.74, 6) is 0. The SMILES string of the molecule is N#CC1(CCCCN2CCOCC2)CCC1. The molecule has 1 saturated carbocycles. The Morgan fingerprint density at radius 1 is 1.19 bits per heavy atom. The van der Waals surface area contributed by atoms with E-state index in [4.69, 9.17) is 10.00 Å². The first-order chi connectivity index (χ1) is 7.85. The molecule has 0 radical (unpaired) electrons. The second-order valence-electron chi connectivity index (χ2n) is 5.16. The fraction of sp³-hybridized carbons (Fsp3) is 0.923. The predicted molar refractivity (Wildman–Crippen MR) is 63.0 cm³/mol. The molecule has 0 aromatic heterocycles. The summed E-state index contributed by atoms with van der Waals surface area (Å²) in [6, 6.07) is 2.52. The van der Waals surface area contributed by atoms with Gasteiger partial charge in [-0.15, -0.1) is 0 Å². The minimum Gasteiger partial charge on any atom is -0.379 e. The van der Waals surface area contributed by atoms with Crippen LogP contribution in [0.4, 0.5) is 0 Å². The maximum atomic E-state index is 9.11. The van der Waals surface area contributed by atoms with E-state index >= 15 is 0 Å². The molecule has 3 nitrogen and oxygen atoms in total. The molecular formula is C13H22N2O. The molecule has 3 heteroatoms. The zero-order valence-corrected chi connectivity index (χ0v) is 10.1. The number of nitriles is 1. The first kappa shape index (κ1) is 11.9. The fourth-order valence-corrected chi connectivity index (χ4v) is 2.64. The highest BCUT2D eigenvalue weighted by atomic mass is 16.5. The van der Waals surface area contributed by atoms with Gasteiger partial charge in [0.05, 0.1) is 24.7 Å². The molecule has 1 aliphatic heterocycles. The minimum atomic E-state index is 0.0744. The Morgan fingerprint density at radius 2 is 1.94 bits per heavy atom. The average Bonchev–Trinajstić information content (AvgIpc) is 2.29. The summed E-state index contributed by atoms with van der Waals surface area (Å²) in [6.45, 7) is 5.14. The summed E-state index contributed by atoms with van der Waals surface area (Å²) in [4.78, 5) is 2.48. The molecule has 0 N–H and O–H groups in total. The molecule has 1 heterocycles. The van der Waals surface area contributed by atoms with Crippen LogP contribution < -0.4 is 0 Å². The summed E-state index contributed by atoms with van der Waals surface area (Å²) >= 11 is 0. The third-order valence-electron chi connectivity index (χ3n) is 4.03. The van der Waals surface area contributed by atoms with E-state index in [2.05, 4.69) is 11.0 Å². The molecule has 2 aliphatic rings. The van der Waals surface area contributed by atoms with Gasteiger partial charge in [-0.3, -0.25) is 4.90 Å². The number of ether oxygens (including phenoxy) is 1. The maximum Gasteiger partial charge on any atom is 0.0689 e. The number of unbranched alkanes of at least 4 members (excludes halogenated alkanes) is 1. The van der Waals surface area contributed by atoms with Gasteiger partial charge in [0.25, 0.3) is 0 Å². The van der Waals surface area contributed by atoms with E-state index in [-0.39, 0.29) is 5.41 Å². The zero-order valence-electron chi connectivity index (χ0n) is 10.1. The van der Waals surface area contributed by atoms with Gasteiger partial charge in [0.15, 0.2) is 0 Å². The lowest BCUT2D eigenvalue weighted by Crippen LogP contribution is -2.37. The van der Waals surface area contributed by atoms with Crippen molar-refractivity contribution in [3.8, 4) is 6.07 Å². The van der Waals surface area contributed by atoms with Crippen molar-refractivity contribution in [1.29, 1.82) is 5.26 Å². The predicted octanol–water partition coefficient (Wildman–Crippen LogP) is 2.18. The molecule has 16 heavy (non-hydrogen) atoms. The van der Waals surface area contributed by atoms with Gasteiger partial charge in [0, 0.05) is 13.1 Å².